The van der Waals surface area contributed by atoms with Crippen molar-refractivity contribution >= 4 is 30.2 Å². The summed E-state index contributed by atoms with van der Waals surface area (Å²) in [5.74, 6) is 1.29. The van der Waals surface area contributed by atoms with Crippen molar-refractivity contribution in [2.75, 3.05) is 27.4 Å². The Morgan fingerprint density at radius 3 is 2.38 bits per heavy atom. The summed E-state index contributed by atoms with van der Waals surface area (Å²) >= 11 is -0.0955. The molecular weight excluding hydrogens is 375 g/mol. The zero-order valence-corrected chi connectivity index (χ0v) is 15.2. The van der Waals surface area contributed by atoms with Crippen LogP contribution in [-0.4, -0.2) is 48.7 Å². The normalized spacial score (nSPS) is 14.6. The topological polar surface area (TPSA) is 54.0 Å². The Morgan fingerprint density at radius 1 is 1.04 bits per heavy atom. The van der Waals surface area contributed by atoms with Crippen LogP contribution in [0.15, 0.2) is 36.4 Å². The zero-order valence-electron chi connectivity index (χ0n) is 13.5. The SMILES string of the molecule is COc1cc([Se]c2ccccc2C=O)c(C2OCCO2)cc1OC. The van der Waals surface area contributed by atoms with Gasteiger partial charge in [0.25, 0.3) is 0 Å². The van der Waals surface area contributed by atoms with E-state index in [9.17, 15) is 4.79 Å². The molecule has 2 aromatic carbocycles. The summed E-state index contributed by atoms with van der Waals surface area (Å²) in [4.78, 5) is 11.3. The van der Waals surface area contributed by atoms with Gasteiger partial charge >= 0.3 is 147 Å². The van der Waals surface area contributed by atoms with Crippen molar-refractivity contribution < 1.29 is 23.7 Å². The molecule has 0 unspecified atom stereocenters. The molecule has 0 spiro atoms. The van der Waals surface area contributed by atoms with Gasteiger partial charge in [0.05, 0.1) is 0 Å². The van der Waals surface area contributed by atoms with Gasteiger partial charge in [0.15, 0.2) is 0 Å². The van der Waals surface area contributed by atoms with E-state index in [1.54, 1.807) is 14.2 Å². The Kier molecular flexibility index (Phi) is 5.53. The fourth-order valence-electron chi connectivity index (χ4n) is 2.48. The van der Waals surface area contributed by atoms with Gasteiger partial charge in [-0.3, -0.25) is 0 Å². The molecule has 0 N–H and O–H groups in total. The summed E-state index contributed by atoms with van der Waals surface area (Å²) in [5, 5.41) is 0. The van der Waals surface area contributed by atoms with Crippen LogP contribution in [0.3, 0.4) is 0 Å². The van der Waals surface area contributed by atoms with Crippen molar-refractivity contribution in [3.63, 3.8) is 0 Å². The van der Waals surface area contributed by atoms with Gasteiger partial charge in [-0.05, 0) is 0 Å². The van der Waals surface area contributed by atoms with Crippen LogP contribution in [0.1, 0.15) is 22.2 Å². The molecular formula is C18H18O5Se. The number of carbonyl (C=O) groups excluding carboxylic acids is 1. The Hall–Kier alpha value is -1.85. The number of rotatable bonds is 6. The van der Waals surface area contributed by atoms with Crippen molar-refractivity contribution in [3.05, 3.63) is 47.5 Å². The van der Waals surface area contributed by atoms with E-state index in [1.807, 2.05) is 36.4 Å². The Balaban J connectivity index is 2.05. The van der Waals surface area contributed by atoms with Gasteiger partial charge in [-0.1, -0.05) is 0 Å². The third kappa shape index (κ3) is 3.47. The van der Waals surface area contributed by atoms with E-state index >= 15 is 0 Å². The fourth-order valence-corrected chi connectivity index (χ4v) is 4.69. The molecule has 6 heteroatoms. The predicted octanol–water partition coefficient (Wildman–Crippen LogP) is 1.22. The van der Waals surface area contributed by atoms with Crippen LogP contribution >= 0.6 is 0 Å². The van der Waals surface area contributed by atoms with Crippen LogP contribution in [0.4, 0.5) is 0 Å². The van der Waals surface area contributed by atoms with E-state index in [0.717, 1.165) is 20.8 Å². The number of methoxy groups -OCH3 is 2. The van der Waals surface area contributed by atoms with E-state index in [4.69, 9.17) is 18.9 Å². The summed E-state index contributed by atoms with van der Waals surface area (Å²) < 4.78 is 24.2. The van der Waals surface area contributed by atoms with Gasteiger partial charge in [0.2, 0.25) is 0 Å². The van der Waals surface area contributed by atoms with Gasteiger partial charge in [0.1, 0.15) is 0 Å². The molecule has 1 saturated heterocycles. The molecule has 5 nitrogen and oxygen atoms in total. The summed E-state index contributed by atoms with van der Waals surface area (Å²) in [5.41, 5.74) is 1.62. The minimum atomic E-state index is -0.412. The van der Waals surface area contributed by atoms with Gasteiger partial charge in [0, 0.05) is 0 Å². The molecule has 0 atom stereocenters. The van der Waals surface area contributed by atoms with Crippen molar-refractivity contribution in [2.24, 2.45) is 0 Å². The first kappa shape index (κ1) is 17.0. The molecule has 24 heavy (non-hydrogen) atoms. The quantitative estimate of drug-likeness (QED) is 0.546. The number of ether oxygens (including phenoxy) is 4. The van der Waals surface area contributed by atoms with E-state index in [1.165, 1.54) is 0 Å². The molecule has 1 heterocycles. The number of hydrogen-bond acceptors (Lipinski definition) is 5. The Morgan fingerprint density at radius 2 is 1.71 bits per heavy atom. The summed E-state index contributed by atoms with van der Waals surface area (Å²) in [7, 11) is 3.21. The second kappa shape index (κ2) is 7.81. The number of carbonyl (C=O) groups is 1. The molecule has 0 aliphatic carbocycles. The van der Waals surface area contributed by atoms with Crippen LogP contribution in [0.5, 0.6) is 11.5 Å². The molecule has 0 amide bonds. The van der Waals surface area contributed by atoms with Crippen molar-refractivity contribution in [1.82, 2.24) is 0 Å². The fraction of sp³-hybridized carbons (Fsp3) is 0.278. The van der Waals surface area contributed by atoms with Crippen LogP contribution in [0.2, 0.25) is 0 Å². The second-order valence-electron chi connectivity index (χ2n) is 5.08. The van der Waals surface area contributed by atoms with Crippen LogP contribution in [-0.2, 0) is 9.47 Å². The van der Waals surface area contributed by atoms with Crippen molar-refractivity contribution in [1.29, 1.82) is 0 Å². The summed E-state index contributed by atoms with van der Waals surface area (Å²) in [6, 6.07) is 11.4. The number of aldehydes is 1. The molecule has 1 aliphatic heterocycles. The zero-order chi connectivity index (χ0) is 16.9. The van der Waals surface area contributed by atoms with Gasteiger partial charge < -0.3 is 0 Å². The average Bonchev–Trinajstić information content (AvgIpc) is 3.16. The molecule has 126 valence electrons. The number of benzene rings is 2. The van der Waals surface area contributed by atoms with Crippen LogP contribution < -0.4 is 18.4 Å². The van der Waals surface area contributed by atoms with E-state index in [2.05, 4.69) is 0 Å². The molecule has 1 fully saturated rings. The molecule has 1 aliphatic rings. The van der Waals surface area contributed by atoms with E-state index in [-0.39, 0.29) is 15.0 Å². The first-order valence-corrected chi connectivity index (χ1v) is 9.19. The summed E-state index contributed by atoms with van der Waals surface area (Å²) in [6.07, 6.45) is 0.477. The first-order valence-electron chi connectivity index (χ1n) is 7.48. The van der Waals surface area contributed by atoms with E-state index < -0.39 is 6.29 Å². The third-order valence-corrected chi connectivity index (χ3v) is 6.10. The predicted molar refractivity (Wildman–Crippen MR) is 91.0 cm³/mol. The maximum absolute atomic E-state index is 11.3. The van der Waals surface area contributed by atoms with Gasteiger partial charge in [-0.2, -0.15) is 0 Å². The van der Waals surface area contributed by atoms with Crippen molar-refractivity contribution in [3.8, 4) is 11.5 Å². The monoisotopic (exact) mass is 394 g/mol. The third-order valence-electron chi connectivity index (χ3n) is 3.66. The molecule has 2 aromatic rings. The van der Waals surface area contributed by atoms with Gasteiger partial charge in [-0.25, -0.2) is 0 Å². The van der Waals surface area contributed by atoms with Gasteiger partial charge in [-0.15, -0.1) is 0 Å². The summed E-state index contributed by atoms with van der Waals surface area (Å²) in [6.45, 7) is 1.13. The molecule has 0 aromatic heterocycles. The van der Waals surface area contributed by atoms with Crippen LogP contribution in [0.25, 0.3) is 0 Å². The molecule has 3 rings (SSSR count). The molecule has 0 radical (unpaired) electrons. The van der Waals surface area contributed by atoms with Crippen LogP contribution in [0, 0.1) is 0 Å². The molecule has 0 bridgehead atoms. The van der Waals surface area contributed by atoms with E-state index in [0.29, 0.717) is 30.3 Å². The minimum absolute atomic E-state index is 0.0955. The standard InChI is InChI=1S/C18H18O5Se/c1-20-14-9-13(18-22-7-8-23-18)17(10-15(14)21-2)24-16-6-4-3-5-12(16)11-19/h3-6,9-11,18H,7-8H2,1-2H3. The molecule has 0 saturated carbocycles. The Bertz CT molecular complexity index is 725. The first-order chi connectivity index (χ1) is 11.8. The van der Waals surface area contributed by atoms with Crippen molar-refractivity contribution in [2.45, 2.75) is 6.29 Å². The maximum atomic E-state index is 11.3. The average molecular weight is 393 g/mol. The Labute approximate surface area is 147 Å². The number of hydrogen-bond donors (Lipinski definition) is 0. The second-order valence-corrected chi connectivity index (χ2v) is 7.35.